The molecule has 12 heteroatoms. The summed E-state index contributed by atoms with van der Waals surface area (Å²) in [6, 6.07) is 1.75. The molecule has 0 spiro atoms. The molecule has 4 aromatic rings. The minimum Gasteiger partial charge on any atom is -0.472 e. The predicted molar refractivity (Wildman–Crippen MR) is 111 cm³/mol. The highest BCUT2D eigenvalue weighted by molar-refractivity contribution is 5.79. The summed E-state index contributed by atoms with van der Waals surface area (Å²) in [6.07, 6.45) is 5.90. The smallest absolute Gasteiger partial charge is 0.332 e. The number of likely N-dealkylation sites (tertiary alicyclic amines) is 1. The Morgan fingerprint density at radius 3 is 2.66 bits per heavy atom. The second-order valence-corrected chi connectivity index (χ2v) is 7.86. The molecule has 0 aliphatic carbocycles. The molecule has 166 valence electrons. The Morgan fingerprint density at radius 1 is 1.16 bits per heavy atom. The number of nitrogens with zero attached hydrogens (tertiary/aromatic N) is 7. The van der Waals surface area contributed by atoms with Crippen molar-refractivity contribution in [3.05, 3.63) is 51.6 Å². The molecule has 0 saturated carbocycles. The molecular weight excluding hydrogens is 418 g/mol. The van der Waals surface area contributed by atoms with Gasteiger partial charge in [-0.05, 0) is 18.9 Å². The van der Waals surface area contributed by atoms with Gasteiger partial charge >= 0.3 is 5.69 Å². The normalized spacial score (nSPS) is 15.0. The van der Waals surface area contributed by atoms with Crippen molar-refractivity contribution >= 4 is 17.1 Å². The van der Waals surface area contributed by atoms with Crippen LogP contribution in [0.2, 0.25) is 0 Å². The van der Waals surface area contributed by atoms with Crippen molar-refractivity contribution in [2.45, 2.75) is 25.3 Å². The molecule has 0 aromatic carbocycles. The van der Waals surface area contributed by atoms with Crippen LogP contribution < -0.4 is 11.2 Å². The van der Waals surface area contributed by atoms with Crippen LogP contribution in [-0.4, -0.2) is 52.8 Å². The number of hydrogen-bond acceptors (Lipinski definition) is 8. The highest BCUT2D eigenvalue weighted by atomic mass is 16.4. The lowest BCUT2D eigenvalue weighted by atomic mass is 9.97. The fourth-order valence-corrected chi connectivity index (χ4v) is 4.04. The van der Waals surface area contributed by atoms with E-state index in [2.05, 4.69) is 15.2 Å². The summed E-state index contributed by atoms with van der Waals surface area (Å²) in [5, 5.41) is 8.23. The Morgan fingerprint density at radius 2 is 1.94 bits per heavy atom. The largest absolute Gasteiger partial charge is 0.472 e. The van der Waals surface area contributed by atoms with E-state index in [9.17, 15) is 14.4 Å². The lowest BCUT2D eigenvalue weighted by Gasteiger charge is -2.30. The van der Waals surface area contributed by atoms with Crippen molar-refractivity contribution in [1.29, 1.82) is 0 Å². The molecule has 0 atom stereocenters. The Hall–Kier alpha value is -3.96. The summed E-state index contributed by atoms with van der Waals surface area (Å²) in [7, 11) is 2.95. The number of furan rings is 1. The summed E-state index contributed by atoms with van der Waals surface area (Å²) >= 11 is 0. The SMILES string of the molecule is Cn1c(=O)c2c(ncn2CC(=O)N2CCC(c3nnc(-c4ccoc4)o3)CC2)n(C)c1=O. The van der Waals surface area contributed by atoms with Crippen LogP contribution >= 0.6 is 0 Å². The second kappa shape index (κ2) is 7.62. The zero-order valence-corrected chi connectivity index (χ0v) is 17.6. The first kappa shape index (κ1) is 20.0. The number of carbonyl (C=O) groups is 1. The van der Waals surface area contributed by atoms with E-state index in [0.717, 1.165) is 10.1 Å². The molecule has 5 heterocycles. The van der Waals surface area contributed by atoms with Gasteiger partial charge in [-0.25, -0.2) is 9.78 Å². The number of aromatic nitrogens is 6. The number of imidazole rings is 1. The number of fused-ring (bicyclic) bond motifs is 1. The van der Waals surface area contributed by atoms with Crippen molar-refractivity contribution < 1.29 is 13.6 Å². The lowest BCUT2D eigenvalue weighted by Crippen LogP contribution is -2.41. The van der Waals surface area contributed by atoms with Crippen LogP contribution in [0.3, 0.4) is 0 Å². The molecule has 4 aromatic heterocycles. The first-order valence-electron chi connectivity index (χ1n) is 10.2. The van der Waals surface area contributed by atoms with Gasteiger partial charge in [0.05, 0.1) is 18.2 Å². The molecule has 5 rings (SSSR count). The fourth-order valence-electron chi connectivity index (χ4n) is 4.04. The van der Waals surface area contributed by atoms with Crippen LogP contribution in [0.15, 0.2) is 43.3 Å². The van der Waals surface area contributed by atoms with Crippen LogP contribution in [0, 0.1) is 0 Å². The fraction of sp³-hybridized carbons (Fsp3) is 0.400. The van der Waals surface area contributed by atoms with E-state index in [0.29, 0.717) is 37.7 Å². The van der Waals surface area contributed by atoms with Crippen LogP contribution in [0.25, 0.3) is 22.6 Å². The average Bonchev–Trinajstić information content (AvgIpc) is 3.57. The third-order valence-corrected chi connectivity index (χ3v) is 5.93. The first-order chi connectivity index (χ1) is 15.4. The van der Waals surface area contributed by atoms with E-state index < -0.39 is 11.2 Å². The van der Waals surface area contributed by atoms with Gasteiger partial charge in [-0.15, -0.1) is 10.2 Å². The van der Waals surface area contributed by atoms with Gasteiger partial charge in [0.1, 0.15) is 12.8 Å². The summed E-state index contributed by atoms with van der Waals surface area (Å²) in [5.74, 6) is 0.917. The third-order valence-electron chi connectivity index (χ3n) is 5.93. The monoisotopic (exact) mass is 439 g/mol. The first-order valence-corrected chi connectivity index (χ1v) is 10.2. The van der Waals surface area contributed by atoms with Crippen molar-refractivity contribution in [3.63, 3.8) is 0 Å². The molecule has 0 bridgehead atoms. The van der Waals surface area contributed by atoms with Gasteiger partial charge in [0, 0.05) is 33.1 Å². The van der Waals surface area contributed by atoms with E-state index >= 15 is 0 Å². The maximum absolute atomic E-state index is 12.9. The molecule has 1 saturated heterocycles. The van der Waals surface area contributed by atoms with Crippen LogP contribution in [0.1, 0.15) is 24.7 Å². The molecule has 1 fully saturated rings. The molecular formula is C20H21N7O5. The van der Waals surface area contributed by atoms with E-state index in [1.807, 2.05) is 0 Å². The quantitative estimate of drug-likeness (QED) is 0.448. The Balaban J connectivity index is 1.28. The van der Waals surface area contributed by atoms with Gasteiger partial charge in [0.25, 0.3) is 11.4 Å². The Bertz CT molecular complexity index is 1400. The standard InChI is InChI=1S/C20H21N7O5/c1-24-16-15(19(29)25(2)20(24)30)27(11-21-16)9-14(28)26-6-3-12(4-7-26)17-22-23-18(32-17)13-5-8-31-10-13/h5,8,10-12H,3-4,6-7,9H2,1-2H3. The average molecular weight is 439 g/mol. The summed E-state index contributed by atoms with van der Waals surface area (Å²) in [6.45, 7) is 1.05. The lowest BCUT2D eigenvalue weighted by molar-refractivity contribution is -0.132. The van der Waals surface area contributed by atoms with Crippen LogP contribution in [0.4, 0.5) is 0 Å². The minimum atomic E-state index is -0.475. The zero-order valence-electron chi connectivity index (χ0n) is 17.6. The maximum Gasteiger partial charge on any atom is 0.332 e. The third kappa shape index (κ3) is 3.24. The Kier molecular flexibility index (Phi) is 4.76. The molecule has 0 N–H and O–H groups in total. The van der Waals surface area contributed by atoms with Gasteiger partial charge in [-0.3, -0.25) is 18.7 Å². The van der Waals surface area contributed by atoms with Crippen molar-refractivity contribution in [3.8, 4) is 11.5 Å². The van der Waals surface area contributed by atoms with Gasteiger partial charge in [0.15, 0.2) is 11.2 Å². The predicted octanol–water partition coefficient (Wildman–Crippen LogP) is 0.483. The molecule has 1 aliphatic heterocycles. The molecule has 12 nitrogen and oxygen atoms in total. The number of rotatable bonds is 4. The van der Waals surface area contributed by atoms with E-state index in [1.165, 1.54) is 22.5 Å². The second-order valence-electron chi connectivity index (χ2n) is 7.86. The van der Waals surface area contributed by atoms with E-state index in [1.54, 1.807) is 30.5 Å². The van der Waals surface area contributed by atoms with Gasteiger partial charge in [-0.1, -0.05) is 0 Å². The number of piperidine rings is 1. The molecule has 0 unspecified atom stereocenters. The molecule has 32 heavy (non-hydrogen) atoms. The zero-order chi connectivity index (χ0) is 22.4. The van der Waals surface area contributed by atoms with E-state index in [-0.39, 0.29) is 29.5 Å². The number of hydrogen-bond donors (Lipinski definition) is 0. The summed E-state index contributed by atoms with van der Waals surface area (Å²) < 4.78 is 14.6. The number of carbonyl (C=O) groups excluding carboxylic acids is 1. The van der Waals surface area contributed by atoms with Crippen LogP contribution in [0.5, 0.6) is 0 Å². The van der Waals surface area contributed by atoms with E-state index in [4.69, 9.17) is 8.83 Å². The topological polar surface area (TPSA) is 134 Å². The minimum absolute atomic E-state index is 0.0280. The molecule has 1 amide bonds. The van der Waals surface area contributed by atoms with Gasteiger partial charge < -0.3 is 18.3 Å². The number of amides is 1. The Labute approximate surface area is 180 Å². The van der Waals surface area contributed by atoms with Crippen molar-refractivity contribution in [2.75, 3.05) is 13.1 Å². The summed E-state index contributed by atoms with van der Waals surface area (Å²) in [4.78, 5) is 43.5. The van der Waals surface area contributed by atoms with Gasteiger partial charge in [-0.2, -0.15) is 0 Å². The van der Waals surface area contributed by atoms with Crippen molar-refractivity contribution in [2.24, 2.45) is 14.1 Å². The molecule has 1 aliphatic rings. The highest BCUT2D eigenvalue weighted by Gasteiger charge is 2.28. The highest BCUT2D eigenvalue weighted by Crippen LogP contribution is 2.29. The maximum atomic E-state index is 12.9. The summed E-state index contributed by atoms with van der Waals surface area (Å²) in [5.41, 5.74) is 0.285. The number of aryl methyl sites for hydroxylation is 1. The van der Waals surface area contributed by atoms with Crippen molar-refractivity contribution in [1.82, 2.24) is 33.8 Å². The van der Waals surface area contributed by atoms with Crippen LogP contribution in [-0.2, 0) is 25.4 Å². The van der Waals surface area contributed by atoms with Gasteiger partial charge in [0.2, 0.25) is 11.8 Å². The molecule has 0 radical (unpaired) electrons.